The molecule has 36 heavy (non-hydrogen) atoms. The number of carbonyl (C=O) groups is 1. The van der Waals surface area contributed by atoms with Gasteiger partial charge in [0, 0.05) is 11.3 Å². The standard InChI is InChI=1S/C28H25FN4O3/c1-17-6-4-7-19(14-17)16-33-18(2)24(25(30-28(33)34)20-10-12-23(35-3)13-11-20)27-31-26(32-36-27)21-8-5-9-22(29)15-21/h4-15,25H,16H2,1-3H3,(H,30,34). The van der Waals surface area contributed by atoms with Crippen LogP contribution in [0.15, 0.2) is 83.0 Å². The summed E-state index contributed by atoms with van der Waals surface area (Å²) >= 11 is 0. The third-order valence-corrected chi connectivity index (χ3v) is 6.21. The number of benzene rings is 3. The Morgan fingerprint density at radius 2 is 1.83 bits per heavy atom. The summed E-state index contributed by atoms with van der Waals surface area (Å²) in [5.41, 5.74) is 4.80. The molecule has 1 aliphatic heterocycles. The minimum Gasteiger partial charge on any atom is -0.497 e. The summed E-state index contributed by atoms with van der Waals surface area (Å²) in [6.07, 6.45) is 0. The van der Waals surface area contributed by atoms with Crippen LogP contribution in [0, 0.1) is 12.7 Å². The molecule has 2 amide bonds. The average molecular weight is 485 g/mol. The molecule has 4 aromatic rings. The summed E-state index contributed by atoms with van der Waals surface area (Å²) in [5.74, 6) is 0.831. The van der Waals surface area contributed by atoms with E-state index in [1.807, 2.05) is 62.4 Å². The van der Waals surface area contributed by atoms with Gasteiger partial charge in [-0.1, -0.05) is 59.3 Å². The van der Waals surface area contributed by atoms with Crippen LogP contribution < -0.4 is 10.1 Å². The van der Waals surface area contributed by atoms with Crippen molar-refractivity contribution in [2.45, 2.75) is 26.4 Å². The van der Waals surface area contributed by atoms with Crippen molar-refractivity contribution in [1.29, 1.82) is 0 Å². The van der Waals surface area contributed by atoms with E-state index in [4.69, 9.17) is 9.26 Å². The fraction of sp³-hybridized carbons (Fsp3) is 0.179. The topological polar surface area (TPSA) is 80.5 Å². The molecule has 7 nitrogen and oxygen atoms in total. The van der Waals surface area contributed by atoms with Crippen LogP contribution in [0.4, 0.5) is 9.18 Å². The fourth-order valence-electron chi connectivity index (χ4n) is 4.37. The van der Waals surface area contributed by atoms with Crippen LogP contribution in [0.2, 0.25) is 0 Å². The van der Waals surface area contributed by atoms with E-state index >= 15 is 0 Å². The molecule has 1 aromatic heterocycles. The number of carbonyl (C=O) groups excluding carboxylic acids is 1. The number of rotatable bonds is 6. The summed E-state index contributed by atoms with van der Waals surface area (Å²) < 4.78 is 24.8. The van der Waals surface area contributed by atoms with Gasteiger partial charge in [-0.2, -0.15) is 4.98 Å². The zero-order chi connectivity index (χ0) is 25.2. The molecule has 1 aliphatic rings. The number of urea groups is 1. The number of hydrogen-bond donors (Lipinski definition) is 1. The second-order valence-corrected chi connectivity index (χ2v) is 8.66. The first kappa shape index (κ1) is 23.3. The van der Waals surface area contributed by atoms with Crippen LogP contribution in [-0.4, -0.2) is 28.2 Å². The maximum Gasteiger partial charge on any atom is 0.322 e. The summed E-state index contributed by atoms with van der Waals surface area (Å²) in [5, 5.41) is 7.19. The number of hydrogen-bond acceptors (Lipinski definition) is 5. The van der Waals surface area contributed by atoms with Crippen LogP contribution >= 0.6 is 0 Å². The zero-order valence-electron chi connectivity index (χ0n) is 20.2. The Morgan fingerprint density at radius 1 is 1.06 bits per heavy atom. The van der Waals surface area contributed by atoms with E-state index < -0.39 is 6.04 Å². The molecule has 1 atom stereocenters. The molecule has 0 saturated heterocycles. The molecule has 8 heteroatoms. The van der Waals surface area contributed by atoms with Crippen molar-refractivity contribution in [3.05, 3.63) is 107 Å². The van der Waals surface area contributed by atoms with E-state index in [-0.39, 0.29) is 23.6 Å². The highest BCUT2D eigenvalue weighted by Gasteiger charge is 2.35. The lowest BCUT2D eigenvalue weighted by Crippen LogP contribution is -2.45. The molecule has 0 bridgehead atoms. The SMILES string of the molecule is COc1ccc(C2NC(=O)N(Cc3cccc(C)c3)C(C)=C2c2nc(-c3cccc(F)c3)no2)cc1. The van der Waals surface area contributed by atoms with Crippen molar-refractivity contribution < 1.29 is 18.4 Å². The third kappa shape index (κ3) is 4.57. The minimum absolute atomic E-state index is 0.233. The van der Waals surface area contributed by atoms with Crippen molar-refractivity contribution in [2.75, 3.05) is 7.11 Å². The van der Waals surface area contributed by atoms with E-state index in [1.54, 1.807) is 24.1 Å². The van der Waals surface area contributed by atoms with Crippen LogP contribution in [-0.2, 0) is 6.54 Å². The number of ether oxygens (including phenoxy) is 1. The van der Waals surface area contributed by atoms with E-state index in [1.165, 1.54) is 12.1 Å². The van der Waals surface area contributed by atoms with Crippen molar-refractivity contribution in [3.63, 3.8) is 0 Å². The molecule has 0 spiro atoms. The largest absolute Gasteiger partial charge is 0.497 e. The lowest BCUT2D eigenvalue weighted by atomic mass is 9.94. The molecule has 0 aliphatic carbocycles. The molecule has 182 valence electrons. The summed E-state index contributed by atoms with van der Waals surface area (Å²) in [6.45, 7) is 4.26. The second kappa shape index (κ2) is 9.65. The highest BCUT2D eigenvalue weighted by Crippen LogP contribution is 2.38. The lowest BCUT2D eigenvalue weighted by molar-refractivity contribution is 0.203. The summed E-state index contributed by atoms with van der Waals surface area (Å²) in [4.78, 5) is 19.5. The fourth-order valence-corrected chi connectivity index (χ4v) is 4.37. The predicted octanol–water partition coefficient (Wildman–Crippen LogP) is 5.89. The van der Waals surface area contributed by atoms with Gasteiger partial charge in [-0.05, 0) is 49.2 Å². The van der Waals surface area contributed by atoms with Crippen molar-refractivity contribution in [3.8, 4) is 17.1 Å². The average Bonchev–Trinajstić information content (AvgIpc) is 3.36. The van der Waals surface area contributed by atoms with E-state index in [2.05, 4.69) is 15.5 Å². The summed E-state index contributed by atoms with van der Waals surface area (Å²) in [6, 6.07) is 20.7. The van der Waals surface area contributed by atoms with Crippen molar-refractivity contribution in [1.82, 2.24) is 20.4 Å². The number of amides is 2. The zero-order valence-corrected chi connectivity index (χ0v) is 20.2. The molecule has 0 radical (unpaired) electrons. The minimum atomic E-state index is -0.530. The first-order valence-electron chi connectivity index (χ1n) is 11.5. The first-order chi connectivity index (χ1) is 17.4. The molecule has 1 unspecified atom stereocenters. The number of nitrogens with zero attached hydrogens (tertiary/aromatic N) is 3. The van der Waals surface area contributed by atoms with Gasteiger partial charge in [-0.3, -0.25) is 4.90 Å². The lowest BCUT2D eigenvalue weighted by Gasteiger charge is -2.35. The monoisotopic (exact) mass is 484 g/mol. The highest BCUT2D eigenvalue weighted by atomic mass is 19.1. The number of methoxy groups -OCH3 is 1. The molecule has 2 heterocycles. The smallest absolute Gasteiger partial charge is 0.322 e. The Hall–Kier alpha value is -4.46. The highest BCUT2D eigenvalue weighted by molar-refractivity contribution is 5.87. The summed E-state index contributed by atoms with van der Waals surface area (Å²) in [7, 11) is 1.60. The number of allylic oxidation sites excluding steroid dienone is 1. The van der Waals surface area contributed by atoms with Crippen LogP contribution in [0.25, 0.3) is 17.0 Å². The van der Waals surface area contributed by atoms with Crippen molar-refractivity contribution >= 4 is 11.6 Å². The molecular weight excluding hydrogens is 459 g/mol. The molecule has 3 aromatic carbocycles. The van der Waals surface area contributed by atoms with Gasteiger partial charge < -0.3 is 14.6 Å². The number of halogens is 1. The second-order valence-electron chi connectivity index (χ2n) is 8.66. The van der Waals surface area contributed by atoms with Gasteiger partial charge >= 0.3 is 6.03 Å². The van der Waals surface area contributed by atoms with E-state index in [0.717, 1.165) is 16.7 Å². The van der Waals surface area contributed by atoms with Crippen LogP contribution in [0.1, 0.15) is 35.5 Å². The number of nitrogens with one attached hydrogen (secondary N) is 1. The number of aryl methyl sites for hydroxylation is 1. The van der Waals surface area contributed by atoms with Gasteiger partial charge in [0.1, 0.15) is 11.6 Å². The predicted molar refractivity (Wildman–Crippen MR) is 133 cm³/mol. The molecule has 0 saturated carbocycles. The Labute approximate surface area is 208 Å². The molecule has 0 fully saturated rings. The van der Waals surface area contributed by atoms with Gasteiger partial charge in [0.15, 0.2) is 0 Å². The van der Waals surface area contributed by atoms with E-state index in [9.17, 15) is 9.18 Å². The first-order valence-corrected chi connectivity index (χ1v) is 11.5. The quantitative estimate of drug-likeness (QED) is 0.369. The number of aromatic nitrogens is 2. The van der Waals surface area contributed by atoms with Crippen LogP contribution in [0.3, 0.4) is 0 Å². The van der Waals surface area contributed by atoms with Crippen LogP contribution in [0.5, 0.6) is 5.75 Å². The maximum absolute atomic E-state index is 13.8. The molecule has 5 rings (SSSR count). The Kier molecular flexibility index (Phi) is 6.25. The maximum atomic E-state index is 13.8. The Morgan fingerprint density at radius 3 is 2.56 bits per heavy atom. The molecular formula is C28H25FN4O3. The normalized spacial score (nSPS) is 15.7. The molecule has 1 N–H and O–H groups in total. The van der Waals surface area contributed by atoms with Gasteiger partial charge in [0.05, 0.1) is 25.3 Å². The van der Waals surface area contributed by atoms with Gasteiger partial charge in [-0.15, -0.1) is 0 Å². The van der Waals surface area contributed by atoms with Gasteiger partial charge in [0.25, 0.3) is 5.89 Å². The van der Waals surface area contributed by atoms with Crippen molar-refractivity contribution in [2.24, 2.45) is 0 Å². The Bertz CT molecular complexity index is 1450. The Balaban J connectivity index is 1.59. The third-order valence-electron chi connectivity index (χ3n) is 6.21. The van der Waals surface area contributed by atoms with Gasteiger partial charge in [-0.25, -0.2) is 9.18 Å². The van der Waals surface area contributed by atoms with E-state index in [0.29, 0.717) is 29.1 Å². The van der Waals surface area contributed by atoms with Gasteiger partial charge in [0.2, 0.25) is 5.82 Å².